The second-order valence-corrected chi connectivity index (χ2v) is 7.80. The van der Waals surface area contributed by atoms with Gasteiger partial charge in [-0.3, -0.25) is 0 Å². The van der Waals surface area contributed by atoms with Crippen molar-refractivity contribution < 1.29 is 19.1 Å². The Bertz CT molecular complexity index is 890. The van der Waals surface area contributed by atoms with Crippen molar-refractivity contribution in [1.82, 2.24) is 0 Å². The Labute approximate surface area is 159 Å². The Morgan fingerprint density at radius 3 is 2.74 bits per heavy atom. The lowest BCUT2D eigenvalue weighted by atomic mass is 9.60. The highest BCUT2D eigenvalue weighted by Crippen LogP contribution is 2.54. The summed E-state index contributed by atoms with van der Waals surface area (Å²) in [6.45, 7) is 6.32. The zero-order valence-electron chi connectivity index (χ0n) is 16.0. The van der Waals surface area contributed by atoms with Gasteiger partial charge in [0, 0.05) is 28.9 Å². The van der Waals surface area contributed by atoms with Crippen molar-refractivity contribution in [3.63, 3.8) is 0 Å². The molecule has 0 fully saturated rings. The van der Waals surface area contributed by atoms with Crippen molar-refractivity contribution in [3.8, 4) is 0 Å². The molecule has 0 bridgehead atoms. The maximum atomic E-state index is 12.5. The third-order valence-electron chi connectivity index (χ3n) is 6.36. The van der Waals surface area contributed by atoms with Crippen molar-refractivity contribution in [1.29, 1.82) is 0 Å². The van der Waals surface area contributed by atoms with Crippen molar-refractivity contribution in [2.75, 3.05) is 0 Å². The number of fused-ring (bicyclic) bond motifs is 2. The molecule has 0 radical (unpaired) electrons. The molecule has 0 saturated heterocycles. The summed E-state index contributed by atoms with van der Waals surface area (Å²) in [6.07, 6.45) is 6.02. The molecule has 0 spiro atoms. The number of ether oxygens (including phenoxy) is 2. The fourth-order valence-corrected chi connectivity index (χ4v) is 4.44. The van der Waals surface area contributed by atoms with Gasteiger partial charge in [-0.25, -0.2) is 9.59 Å². The summed E-state index contributed by atoms with van der Waals surface area (Å²) in [5.41, 5.74) is 3.35. The fraction of sp³-hybridized carbons (Fsp3) is 0.391. The van der Waals surface area contributed by atoms with Crippen LogP contribution in [-0.2, 0) is 14.3 Å². The minimum absolute atomic E-state index is 0.129. The molecule has 0 aromatic heterocycles. The molecule has 1 aromatic rings. The van der Waals surface area contributed by atoms with Gasteiger partial charge in [-0.1, -0.05) is 45.0 Å². The predicted molar refractivity (Wildman–Crippen MR) is 102 cm³/mol. The lowest BCUT2D eigenvalue weighted by molar-refractivity contribution is -0.133. The highest BCUT2D eigenvalue weighted by Gasteiger charge is 2.48. The first-order valence-corrected chi connectivity index (χ1v) is 9.57. The molecule has 4 nitrogen and oxygen atoms in total. The highest BCUT2D eigenvalue weighted by molar-refractivity contribution is 5.95. The zero-order valence-corrected chi connectivity index (χ0v) is 16.0. The van der Waals surface area contributed by atoms with Gasteiger partial charge in [0.05, 0.1) is 5.56 Å². The minimum Gasteiger partial charge on any atom is -0.458 e. The third kappa shape index (κ3) is 2.84. The summed E-state index contributed by atoms with van der Waals surface area (Å²) in [5, 5.41) is 0. The number of carbonyl (C=O) groups excluding carboxylic acids is 2. The van der Waals surface area contributed by atoms with Crippen LogP contribution in [0, 0.1) is 11.3 Å². The summed E-state index contributed by atoms with van der Waals surface area (Å²) in [7, 11) is 0. The van der Waals surface area contributed by atoms with E-state index in [2.05, 4.69) is 19.9 Å². The first kappa shape index (κ1) is 17.8. The number of hydrogen-bond acceptors (Lipinski definition) is 4. The Hall–Kier alpha value is -2.62. The number of benzene rings is 1. The molecule has 1 heterocycles. The van der Waals surface area contributed by atoms with Crippen LogP contribution in [0.4, 0.5) is 0 Å². The predicted octanol–water partition coefficient (Wildman–Crippen LogP) is 4.74. The number of hydrogen-bond donors (Lipinski definition) is 0. The molecule has 0 amide bonds. The third-order valence-corrected chi connectivity index (χ3v) is 6.36. The Morgan fingerprint density at radius 1 is 1.30 bits per heavy atom. The lowest BCUT2D eigenvalue weighted by Gasteiger charge is -2.46. The summed E-state index contributed by atoms with van der Waals surface area (Å²) >= 11 is 0. The summed E-state index contributed by atoms with van der Waals surface area (Å²) in [5.74, 6) is 0.325. The average molecular weight is 364 g/mol. The molecule has 3 unspecified atom stereocenters. The Balaban J connectivity index is 1.62. The SMILES string of the molecule is CCC1=C2CC3(C)C(=CCC(OC(=O)c4ccccc4)C3C)C=C2OC1=O. The van der Waals surface area contributed by atoms with Crippen LogP contribution < -0.4 is 0 Å². The summed E-state index contributed by atoms with van der Waals surface area (Å²) in [6, 6.07) is 9.10. The van der Waals surface area contributed by atoms with Crippen LogP contribution in [0.25, 0.3) is 0 Å². The van der Waals surface area contributed by atoms with Crippen LogP contribution in [0.2, 0.25) is 0 Å². The van der Waals surface area contributed by atoms with E-state index in [-0.39, 0.29) is 29.4 Å². The molecule has 4 rings (SSSR count). The number of esters is 2. The van der Waals surface area contributed by atoms with Crippen LogP contribution in [0.1, 0.15) is 50.4 Å². The van der Waals surface area contributed by atoms with Gasteiger partial charge >= 0.3 is 11.9 Å². The van der Waals surface area contributed by atoms with Crippen LogP contribution in [0.15, 0.2) is 65.0 Å². The van der Waals surface area contributed by atoms with Crippen molar-refractivity contribution in [2.45, 2.75) is 46.1 Å². The summed E-state index contributed by atoms with van der Waals surface area (Å²) < 4.78 is 11.3. The fourth-order valence-electron chi connectivity index (χ4n) is 4.44. The molecule has 0 saturated carbocycles. The quantitative estimate of drug-likeness (QED) is 0.727. The molecular weight excluding hydrogens is 340 g/mol. The van der Waals surface area contributed by atoms with E-state index in [9.17, 15) is 9.59 Å². The smallest absolute Gasteiger partial charge is 0.339 e. The van der Waals surface area contributed by atoms with E-state index in [1.54, 1.807) is 12.1 Å². The molecule has 27 heavy (non-hydrogen) atoms. The second-order valence-electron chi connectivity index (χ2n) is 7.80. The van der Waals surface area contributed by atoms with Gasteiger partial charge in [0.15, 0.2) is 0 Å². The molecular formula is C23H24O4. The van der Waals surface area contributed by atoms with Crippen LogP contribution in [-0.4, -0.2) is 18.0 Å². The van der Waals surface area contributed by atoms with Crippen molar-refractivity contribution in [2.24, 2.45) is 11.3 Å². The van der Waals surface area contributed by atoms with Crippen LogP contribution >= 0.6 is 0 Å². The monoisotopic (exact) mass is 364 g/mol. The molecule has 140 valence electrons. The molecule has 1 aliphatic heterocycles. The van der Waals surface area contributed by atoms with Gasteiger partial charge in [-0.05, 0) is 36.6 Å². The first-order chi connectivity index (χ1) is 12.9. The van der Waals surface area contributed by atoms with E-state index < -0.39 is 0 Å². The van der Waals surface area contributed by atoms with E-state index in [0.717, 1.165) is 17.6 Å². The summed E-state index contributed by atoms with van der Waals surface area (Å²) in [4.78, 5) is 24.6. The number of allylic oxidation sites excluding steroid dienone is 3. The molecule has 1 aromatic carbocycles. The van der Waals surface area contributed by atoms with Gasteiger partial charge in [0.2, 0.25) is 0 Å². The van der Waals surface area contributed by atoms with Crippen LogP contribution in [0.5, 0.6) is 0 Å². The molecule has 3 aliphatic rings. The molecule has 2 aliphatic carbocycles. The van der Waals surface area contributed by atoms with E-state index in [4.69, 9.17) is 9.47 Å². The molecule has 4 heteroatoms. The Kier molecular flexibility index (Phi) is 4.29. The maximum Gasteiger partial charge on any atom is 0.339 e. The standard InChI is InChI=1S/C23H24O4/c1-4-17-18-13-23(3)14(2)19(26-21(24)15-8-6-5-7-9-15)11-10-16(23)12-20(18)27-22(17)25/h5-10,12,14,19H,4,11,13H2,1-3H3. The van der Waals surface area contributed by atoms with Crippen molar-refractivity contribution >= 4 is 11.9 Å². The van der Waals surface area contributed by atoms with Gasteiger partial charge in [0.1, 0.15) is 11.9 Å². The average Bonchev–Trinajstić information content (AvgIpc) is 2.97. The van der Waals surface area contributed by atoms with Gasteiger partial charge in [0.25, 0.3) is 0 Å². The van der Waals surface area contributed by atoms with E-state index in [0.29, 0.717) is 24.2 Å². The van der Waals surface area contributed by atoms with E-state index in [1.807, 2.05) is 31.2 Å². The number of carbonyl (C=O) groups is 2. The van der Waals surface area contributed by atoms with Crippen LogP contribution in [0.3, 0.4) is 0 Å². The van der Waals surface area contributed by atoms with Gasteiger partial charge < -0.3 is 9.47 Å². The molecule has 3 atom stereocenters. The number of rotatable bonds is 3. The zero-order chi connectivity index (χ0) is 19.2. The maximum absolute atomic E-state index is 12.5. The van der Waals surface area contributed by atoms with Gasteiger partial charge in [-0.2, -0.15) is 0 Å². The highest BCUT2D eigenvalue weighted by atomic mass is 16.5. The van der Waals surface area contributed by atoms with E-state index in [1.165, 1.54) is 5.57 Å². The van der Waals surface area contributed by atoms with Gasteiger partial charge in [-0.15, -0.1) is 0 Å². The van der Waals surface area contributed by atoms with E-state index >= 15 is 0 Å². The van der Waals surface area contributed by atoms with Crippen molar-refractivity contribution in [3.05, 3.63) is 70.5 Å². The molecule has 0 N–H and O–H groups in total. The topological polar surface area (TPSA) is 52.6 Å². The normalized spacial score (nSPS) is 29.4. The Morgan fingerprint density at radius 2 is 2.04 bits per heavy atom. The second kappa shape index (κ2) is 6.52. The largest absolute Gasteiger partial charge is 0.458 e. The lowest BCUT2D eigenvalue weighted by Crippen LogP contribution is -2.42. The first-order valence-electron chi connectivity index (χ1n) is 9.57. The minimum atomic E-state index is -0.284.